The van der Waals surface area contributed by atoms with Gasteiger partial charge in [-0.15, -0.1) is 11.3 Å². The maximum atomic E-state index is 14.4. The molecule has 0 bridgehead atoms. The second kappa shape index (κ2) is 9.12. The second-order valence-corrected chi connectivity index (χ2v) is 9.07. The molecule has 1 N–H and O–H groups in total. The Balaban J connectivity index is 1.48. The van der Waals surface area contributed by atoms with Crippen LogP contribution in [0.4, 0.5) is 10.1 Å². The Bertz CT molecular complexity index is 1620. The second-order valence-electron chi connectivity index (χ2n) is 8.13. The summed E-state index contributed by atoms with van der Waals surface area (Å²) in [6, 6.07) is 19.6. The van der Waals surface area contributed by atoms with Gasteiger partial charge in [-0.2, -0.15) is 10.4 Å². The van der Waals surface area contributed by atoms with E-state index in [0.29, 0.717) is 28.2 Å². The van der Waals surface area contributed by atoms with Gasteiger partial charge in [-0.05, 0) is 49.6 Å². The number of anilines is 1. The van der Waals surface area contributed by atoms with E-state index in [1.807, 2.05) is 60.8 Å². The van der Waals surface area contributed by atoms with Crippen molar-refractivity contribution in [3.8, 4) is 16.6 Å². The number of thiophene rings is 1. The topological polar surface area (TPSA) is 83.6 Å². The van der Waals surface area contributed by atoms with Crippen molar-refractivity contribution >= 4 is 33.8 Å². The Hall–Kier alpha value is -4.35. The number of fused-ring (bicyclic) bond motifs is 1. The van der Waals surface area contributed by atoms with Gasteiger partial charge in [0.05, 0.1) is 56.9 Å². The summed E-state index contributed by atoms with van der Waals surface area (Å²) >= 11 is 1.57. The van der Waals surface area contributed by atoms with Crippen LogP contribution < -0.4 is 5.32 Å². The molecule has 3 heterocycles. The Morgan fingerprint density at radius 3 is 2.71 bits per heavy atom. The highest BCUT2D eigenvalue weighted by Crippen LogP contribution is 2.29. The molecular formula is C27H20FN5OS. The van der Waals surface area contributed by atoms with Gasteiger partial charge in [-0.1, -0.05) is 30.3 Å². The molecule has 172 valence electrons. The third-order valence-electron chi connectivity index (χ3n) is 5.86. The molecule has 0 saturated carbocycles. The van der Waals surface area contributed by atoms with E-state index < -0.39 is 5.82 Å². The van der Waals surface area contributed by atoms with E-state index in [-0.39, 0.29) is 18.0 Å². The lowest BCUT2D eigenvalue weighted by Crippen LogP contribution is -2.14. The van der Waals surface area contributed by atoms with E-state index in [1.54, 1.807) is 35.1 Å². The zero-order valence-corrected chi connectivity index (χ0v) is 19.9. The minimum absolute atomic E-state index is 0.181. The number of nitrogens with one attached hydrogen (secondary N) is 1. The van der Waals surface area contributed by atoms with Gasteiger partial charge in [0.2, 0.25) is 0 Å². The number of carbonyl (C=O) groups is 1. The van der Waals surface area contributed by atoms with Crippen molar-refractivity contribution in [2.75, 3.05) is 5.32 Å². The fourth-order valence-electron chi connectivity index (χ4n) is 4.03. The summed E-state index contributed by atoms with van der Waals surface area (Å²) in [7, 11) is 0. The third kappa shape index (κ3) is 4.29. The summed E-state index contributed by atoms with van der Waals surface area (Å²) in [5.41, 5.74) is 4.59. The number of amides is 1. The van der Waals surface area contributed by atoms with Gasteiger partial charge >= 0.3 is 0 Å². The van der Waals surface area contributed by atoms with E-state index in [9.17, 15) is 9.18 Å². The minimum atomic E-state index is -0.466. The largest absolute Gasteiger partial charge is 0.319 e. The van der Waals surface area contributed by atoms with Crippen LogP contribution in [0.3, 0.4) is 0 Å². The molecule has 35 heavy (non-hydrogen) atoms. The molecular weight excluding hydrogens is 461 g/mol. The first kappa shape index (κ1) is 22.4. The van der Waals surface area contributed by atoms with Crippen LogP contribution in [0.1, 0.15) is 32.9 Å². The van der Waals surface area contributed by atoms with Crippen molar-refractivity contribution in [2.45, 2.75) is 20.4 Å². The first-order chi connectivity index (χ1) is 16.9. The van der Waals surface area contributed by atoms with E-state index in [2.05, 4.69) is 10.4 Å². The maximum Gasteiger partial charge on any atom is 0.256 e. The molecule has 1 amide bonds. The van der Waals surface area contributed by atoms with Gasteiger partial charge in [-0.25, -0.2) is 9.37 Å². The average Bonchev–Trinajstić information content (AvgIpc) is 3.49. The van der Waals surface area contributed by atoms with Gasteiger partial charge in [0, 0.05) is 10.9 Å². The highest BCUT2D eigenvalue weighted by atomic mass is 32.1. The van der Waals surface area contributed by atoms with Crippen molar-refractivity contribution in [2.24, 2.45) is 0 Å². The highest BCUT2D eigenvalue weighted by Gasteiger charge is 2.19. The van der Waals surface area contributed by atoms with E-state index in [1.165, 1.54) is 6.07 Å². The first-order valence-electron chi connectivity index (χ1n) is 10.9. The molecule has 0 radical (unpaired) electrons. The molecule has 0 spiro atoms. The number of hydrogen-bond donors (Lipinski definition) is 1. The molecule has 2 aromatic carbocycles. The Morgan fingerprint density at radius 1 is 1.14 bits per heavy atom. The van der Waals surface area contributed by atoms with Crippen LogP contribution in [-0.2, 0) is 6.54 Å². The number of carbonyl (C=O) groups excluding carboxylic acids is 1. The lowest BCUT2D eigenvalue weighted by molar-refractivity contribution is 0.102. The fourth-order valence-corrected chi connectivity index (χ4v) is 4.72. The zero-order chi connectivity index (χ0) is 24.5. The Kier molecular flexibility index (Phi) is 5.85. The number of pyridine rings is 1. The predicted molar refractivity (Wildman–Crippen MR) is 135 cm³/mol. The van der Waals surface area contributed by atoms with Crippen molar-refractivity contribution in [3.05, 3.63) is 99.9 Å². The van der Waals surface area contributed by atoms with E-state index >= 15 is 0 Å². The molecule has 3 aromatic heterocycles. The number of aromatic nitrogens is 3. The third-order valence-corrected chi connectivity index (χ3v) is 6.75. The predicted octanol–water partition coefficient (Wildman–Crippen LogP) is 6.09. The quantitative estimate of drug-likeness (QED) is 0.329. The van der Waals surface area contributed by atoms with E-state index in [0.717, 1.165) is 21.5 Å². The molecule has 8 heteroatoms. The van der Waals surface area contributed by atoms with Crippen LogP contribution >= 0.6 is 11.3 Å². The number of nitriles is 1. The SMILES string of the molecule is Cc1nn(Cc2ccc(C#N)cc2F)c(C)c1NC(=O)c1cc(-c2cccs2)nc2ccccc12. The molecule has 0 unspecified atom stereocenters. The standard InChI is InChI=1S/C27H20FN5OS/c1-16-26(17(2)33(32-16)15-19-10-9-18(14-29)12-22(19)28)31-27(34)21-13-24(25-8-5-11-35-25)30-23-7-4-3-6-20(21)23/h3-13H,15H2,1-2H3,(H,31,34). The summed E-state index contributed by atoms with van der Waals surface area (Å²) in [5.74, 6) is -0.733. The number of hydrogen-bond acceptors (Lipinski definition) is 5. The van der Waals surface area contributed by atoms with Crippen LogP contribution in [-0.4, -0.2) is 20.7 Å². The van der Waals surface area contributed by atoms with E-state index in [4.69, 9.17) is 10.2 Å². The molecule has 0 aliphatic heterocycles. The lowest BCUT2D eigenvalue weighted by atomic mass is 10.1. The summed E-state index contributed by atoms with van der Waals surface area (Å²) < 4.78 is 16.1. The Labute approximate surface area is 205 Å². The van der Waals surface area contributed by atoms with Crippen LogP contribution in [0.25, 0.3) is 21.5 Å². The first-order valence-corrected chi connectivity index (χ1v) is 11.8. The zero-order valence-electron chi connectivity index (χ0n) is 19.0. The molecule has 0 fully saturated rings. The number of rotatable bonds is 5. The summed E-state index contributed by atoms with van der Waals surface area (Å²) in [6.07, 6.45) is 0. The molecule has 0 aliphatic rings. The summed E-state index contributed by atoms with van der Waals surface area (Å²) in [6.45, 7) is 3.82. The van der Waals surface area contributed by atoms with Crippen molar-refractivity contribution in [1.29, 1.82) is 5.26 Å². The molecule has 0 atom stereocenters. The number of aryl methyl sites for hydroxylation is 1. The average molecular weight is 482 g/mol. The van der Waals surface area contributed by atoms with Gasteiger partial charge in [0.1, 0.15) is 5.82 Å². The number of para-hydroxylation sites is 1. The molecule has 5 aromatic rings. The van der Waals surface area contributed by atoms with Gasteiger partial charge in [-0.3, -0.25) is 9.48 Å². The van der Waals surface area contributed by atoms with Crippen LogP contribution in [0.15, 0.2) is 66.0 Å². The number of benzene rings is 2. The van der Waals surface area contributed by atoms with Crippen LogP contribution in [0.2, 0.25) is 0 Å². The normalized spacial score (nSPS) is 10.9. The monoisotopic (exact) mass is 481 g/mol. The lowest BCUT2D eigenvalue weighted by Gasteiger charge is -2.11. The minimum Gasteiger partial charge on any atom is -0.319 e. The summed E-state index contributed by atoms with van der Waals surface area (Å²) in [5, 5.41) is 19.2. The van der Waals surface area contributed by atoms with Crippen molar-refractivity contribution in [3.63, 3.8) is 0 Å². The summed E-state index contributed by atoms with van der Waals surface area (Å²) in [4.78, 5) is 19.2. The smallest absolute Gasteiger partial charge is 0.256 e. The molecule has 5 rings (SSSR count). The Morgan fingerprint density at radius 2 is 1.97 bits per heavy atom. The van der Waals surface area contributed by atoms with Crippen molar-refractivity contribution < 1.29 is 9.18 Å². The molecule has 0 aliphatic carbocycles. The maximum absolute atomic E-state index is 14.4. The number of halogens is 1. The van der Waals surface area contributed by atoms with Gasteiger partial charge in [0.25, 0.3) is 5.91 Å². The van der Waals surface area contributed by atoms with Gasteiger partial charge in [0.15, 0.2) is 0 Å². The van der Waals surface area contributed by atoms with Crippen LogP contribution in [0, 0.1) is 31.0 Å². The van der Waals surface area contributed by atoms with Gasteiger partial charge < -0.3 is 5.32 Å². The van der Waals surface area contributed by atoms with Crippen molar-refractivity contribution in [1.82, 2.24) is 14.8 Å². The number of nitrogens with zero attached hydrogens (tertiary/aromatic N) is 4. The van der Waals surface area contributed by atoms with Crippen LogP contribution in [0.5, 0.6) is 0 Å². The fraction of sp³-hybridized carbons (Fsp3) is 0.111. The molecule has 6 nitrogen and oxygen atoms in total. The molecule has 0 saturated heterocycles. The highest BCUT2D eigenvalue weighted by molar-refractivity contribution is 7.13.